The summed E-state index contributed by atoms with van der Waals surface area (Å²) in [5.41, 5.74) is 0.642. The van der Waals surface area contributed by atoms with Crippen LogP contribution in [0.2, 0.25) is 0 Å². The fourth-order valence-electron chi connectivity index (χ4n) is 1.72. The van der Waals surface area contributed by atoms with E-state index in [1.165, 1.54) is 26.4 Å². The minimum absolute atomic E-state index is 0.0771. The Morgan fingerprint density at radius 3 is 2.80 bits per heavy atom. The molecule has 0 amide bonds. The summed E-state index contributed by atoms with van der Waals surface area (Å²) in [5.74, 6) is -1.29. The Bertz CT molecular complexity index is 439. The van der Waals surface area contributed by atoms with Crippen molar-refractivity contribution in [2.45, 2.75) is 19.1 Å². The highest BCUT2D eigenvalue weighted by Crippen LogP contribution is 2.11. The molecule has 1 atom stereocenters. The van der Waals surface area contributed by atoms with Crippen molar-refractivity contribution in [2.24, 2.45) is 0 Å². The van der Waals surface area contributed by atoms with E-state index in [0.717, 1.165) is 5.56 Å². The topological polar surface area (TPSA) is 67.8 Å². The van der Waals surface area contributed by atoms with Crippen LogP contribution in [0.5, 0.6) is 0 Å². The molecule has 1 unspecified atom stereocenters. The number of methoxy groups -OCH3 is 2. The molecule has 1 aromatic rings. The van der Waals surface area contributed by atoms with Crippen LogP contribution in [0.25, 0.3) is 0 Å². The normalized spacial score (nSPS) is 12.2. The van der Waals surface area contributed by atoms with Crippen LogP contribution in [0.15, 0.2) is 18.2 Å². The predicted molar refractivity (Wildman–Crippen MR) is 71.9 cm³/mol. The predicted octanol–water partition coefficient (Wildman–Crippen LogP) is 1.10. The monoisotopic (exact) mass is 285 g/mol. The molecular formula is C14H20FNO4. The van der Waals surface area contributed by atoms with E-state index in [1.807, 2.05) is 0 Å². The molecule has 0 aromatic heterocycles. The number of esters is 1. The van der Waals surface area contributed by atoms with Gasteiger partial charge in [-0.3, -0.25) is 0 Å². The van der Waals surface area contributed by atoms with Gasteiger partial charge < -0.3 is 19.9 Å². The van der Waals surface area contributed by atoms with Gasteiger partial charge in [0.1, 0.15) is 5.82 Å². The molecule has 0 aliphatic heterocycles. The molecule has 0 aliphatic rings. The van der Waals surface area contributed by atoms with Gasteiger partial charge in [0.25, 0.3) is 0 Å². The van der Waals surface area contributed by atoms with E-state index < -0.39 is 17.9 Å². The molecular weight excluding hydrogens is 265 g/mol. The summed E-state index contributed by atoms with van der Waals surface area (Å²) in [6.45, 7) is 1.34. The van der Waals surface area contributed by atoms with Crippen LogP contribution in [0.4, 0.5) is 4.39 Å². The van der Waals surface area contributed by atoms with E-state index in [4.69, 9.17) is 4.74 Å². The van der Waals surface area contributed by atoms with Crippen molar-refractivity contribution in [3.05, 3.63) is 35.1 Å². The molecule has 0 radical (unpaired) electrons. The number of carbonyl (C=O) groups excluding carboxylic acids is 1. The Labute approximate surface area is 117 Å². The van der Waals surface area contributed by atoms with Gasteiger partial charge in [0.2, 0.25) is 0 Å². The summed E-state index contributed by atoms with van der Waals surface area (Å²) in [4.78, 5) is 11.2. The molecule has 6 heteroatoms. The van der Waals surface area contributed by atoms with Gasteiger partial charge in [-0.25, -0.2) is 9.18 Å². The molecule has 2 N–H and O–H groups in total. The van der Waals surface area contributed by atoms with E-state index in [1.54, 1.807) is 6.07 Å². The summed E-state index contributed by atoms with van der Waals surface area (Å²) >= 11 is 0. The molecule has 0 aliphatic carbocycles. The zero-order chi connectivity index (χ0) is 15.0. The average molecular weight is 285 g/mol. The number of carbonyl (C=O) groups is 1. The summed E-state index contributed by atoms with van der Waals surface area (Å²) in [6, 6.07) is 4.36. The first-order valence-electron chi connectivity index (χ1n) is 6.33. The van der Waals surface area contributed by atoms with Crippen LogP contribution in [0, 0.1) is 5.82 Å². The number of aliphatic hydroxyl groups excluding tert-OH is 1. The number of nitrogens with one attached hydrogen (secondary N) is 1. The number of rotatable bonds is 8. The molecule has 5 nitrogen and oxygen atoms in total. The maximum absolute atomic E-state index is 13.6. The van der Waals surface area contributed by atoms with Crippen LogP contribution in [0.3, 0.4) is 0 Å². The lowest BCUT2D eigenvalue weighted by molar-refractivity contribution is 0.0591. The summed E-state index contributed by atoms with van der Waals surface area (Å²) in [5, 5.41) is 12.5. The lowest BCUT2D eigenvalue weighted by Crippen LogP contribution is -2.23. The maximum Gasteiger partial charge on any atom is 0.340 e. The third kappa shape index (κ3) is 5.24. The Morgan fingerprint density at radius 1 is 1.45 bits per heavy atom. The molecule has 0 bridgehead atoms. The van der Waals surface area contributed by atoms with Gasteiger partial charge in [-0.1, -0.05) is 6.07 Å². The number of hydrogen-bond donors (Lipinski definition) is 2. The fourth-order valence-corrected chi connectivity index (χ4v) is 1.72. The van der Waals surface area contributed by atoms with E-state index >= 15 is 0 Å². The Kier molecular flexibility index (Phi) is 7.14. The maximum atomic E-state index is 13.6. The fraction of sp³-hybridized carbons (Fsp3) is 0.500. The van der Waals surface area contributed by atoms with Gasteiger partial charge >= 0.3 is 5.97 Å². The highest BCUT2D eigenvalue weighted by molar-refractivity contribution is 5.89. The first-order chi connectivity index (χ1) is 9.58. The first-order valence-corrected chi connectivity index (χ1v) is 6.33. The Balaban J connectivity index is 2.42. The standard InChI is InChI=1S/C14H20FNO4/c1-19-9-11(17)5-6-16-8-10-3-4-12(13(15)7-10)14(18)20-2/h3-4,7,11,16-17H,5-6,8-9H2,1-2H3. The van der Waals surface area contributed by atoms with Gasteiger partial charge in [0.05, 0.1) is 25.4 Å². The van der Waals surface area contributed by atoms with Gasteiger partial charge in [0.15, 0.2) is 0 Å². The van der Waals surface area contributed by atoms with Gasteiger partial charge in [0, 0.05) is 13.7 Å². The van der Waals surface area contributed by atoms with Crippen LogP contribution < -0.4 is 5.32 Å². The molecule has 112 valence electrons. The molecule has 1 rings (SSSR count). The van der Waals surface area contributed by atoms with E-state index in [-0.39, 0.29) is 5.56 Å². The van der Waals surface area contributed by atoms with Crippen LogP contribution >= 0.6 is 0 Å². The smallest absolute Gasteiger partial charge is 0.340 e. The number of benzene rings is 1. The molecule has 20 heavy (non-hydrogen) atoms. The average Bonchev–Trinajstić information content (AvgIpc) is 2.43. The Morgan fingerprint density at radius 2 is 2.20 bits per heavy atom. The number of halogens is 1. The lowest BCUT2D eigenvalue weighted by Gasteiger charge is -2.10. The van der Waals surface area contributed by atoms with Crippen molar-refractivity contribution >= 4 is 5.97 Å². The number of hydrogen-bond acceptors (Lipinski definition) is 5. The third-order valence-electron chi connectivity index (χ3n) is 2.78. The highest BCUT2D eigenvalue weighted by Gasteiger charge is 2.12. The molecule has 0 saturated carbocycles. The molecule has 0 saturated heterocycles. The highest BCUT2D eigenvalue weighted by atomic mass is 19.1. The van der Waals surface area contributed by atoms with Crippen molar-refractivity contribution in [1.82, 2.24) is 5.32 Å². The lowest BCUT2D eigenvalue weighted by atomic mass is 10.1. The minimum Gasteiger partial charge on any atom is -0.465 e. The van der Waals surface area contributed by atoms with Gasteiger partial charge in [-0.05, 0) is 30.7 Å². The second-order valence-electron chi connectivity index (χ2n) is 4.38. The van der Waals surface area contributed by atoms with Crippen molar-refractivity contribution < 1.29 is 23.8 Å². The molecule has 0 heterocycles. The van der Waals surface area contributed by atoms with Crippen molar-refractivity contribution in [2.75, 3.05) is 27.4 Å². The van der Waals surface area contributed by atoms with Crippen molar-refractivity contribution in [1.29, 1.82) is 0 Å². The summed E-state index contributed by atoms with van der Waals surface area (Å²) in [7, 11) is 2.74. The van der Waals surface area contributed by atoms with E-state index in [0.29, 0.717) is 26.1 Å². The summed E-state index contributed by atoms with van der Waals surface area (Å²) < 4.78 is 22.9. The molecule has 0 fully saturated rings. The van der Waals surface area contributed by atoms with Crippen LogP contribution in [-0.2, 0) is 16.0 Å². The second kappa shape index (κ2) is 8.63. The quantitative estimate of drug-likeness (QED) is 0.553. The Hall–Kier alpha value is -1.50. The molecule has 0 spiro atoms. The molecule has 1 aromatic carbocycles. The summed E-state index contributed by atoms with van der Waals surface area (Å²) in [6.07, 6.45) is 0.0438. The van der Waals surface area contributed by atoms with E-state index in [2.05, 4.69) is 10.1 Å². The largest absolute Gasteiger partial charge is 0.465 e. The van der Waals surface area contributed by atoms with Crippen LogP contribution in [-0.4, -0.2) is 44.6 Å². The zero-order valence-electron chi connectivity index (χ0n) is 11.7. The van der Waals surface area contributed by atoms with Crippen molar-refractivity contribution in [3.63, 3.8) is 0 Å². The number of ether oxygens (including phenoxy) is 2. The number of aliphatic hydroxyl groups is 1. The first kappa shape index (κ1) is 16.6. The SMILES string of the molecule is COCC(O)CCNCc1ccc(C(=O)OC)c(F)c1. The van der Waals surface area contributed by atoms with Gasteiger partial charge in [-0.2, -0.15) is 0 Å². The zero-order valence-corrected chi connectivity index (χ0v) is 11.7. The second-order valence-corrected chi connectivity index (χ2v) is 4.38. The third-order valence-corrected chi connectivity index (χ3v) is 2.78. The minimum atomic E-state index is -0.690. The van der Waals surface area contributed by atoms with Crippen LogP contribution in [0.1, 0.15) is 22.3 Å². The van der Waals surface area contributed by atoms with Gasteiger partial charge in [-0.15, -0.1) is 0 Å². The van der Waals surface area contributed by atoms with Crippen molar-refractivity contribution in [3.8, 4) is 0 Å². The van der Waals surface area contributed by atoms with E-state index in [9.17, 15) is 14.3 Å².